The van der Waals surface area contributed by atoms with Gasteiger partial charge >= 0.3 is 0 Å². The second kappa shape index (κ2) is 8.63. The average Bonchev–Trinajstić information content (AvgIpc) is 3.48. The molecule has 3 aromatic heterocycles. The summed E-state index contributed by atoms with van der Waals surface area (Å²) in [5.41, 5.74) is 4.20. The van der Waals surface area contributed by atoms with Crippen molar-refractivity contribution in [3.05, 3.63) is 60.3 Å². The molecule has 0 atom stereocenters. The lowest BCUT2D eigenvalue weighted by Gasteiger charge is -2.31. The zero-order valence-corrected chi connectivity index (χ0v) is 18.5. The number of Topliss-reactive ketones (excluding diaryl/α,β-unsaturated/α-hetero) is 1. The largest absolute Gasteiger partial charge is 0.303 e. The SMILES string of the molecule is CCN1CCC(n2cc(C(=O)Cc3cc4cc(-c5cnn(C)c5)ccc4nn3)cn2)CC1. The van der Waals surface area contributed by atoms with Gasteiger partial charge in [0.2, 0.25) is 0 Å². The van der Waals surface area contributed by atoms with Gasteiger partial charge in [0.15, 0.2) is 5.78 Å². The van der Waals surface area contributed by atoms with Crippen molar-refractivity contribution in [3.8, 4) is 11.1 Å². The van der Waals surface area contributed by atoms with Gasteiger partial charge in [0.05, 0.1) is 41.6 Å². The highest BCUT2D eigenvalue weighted by Gasteiger charge is 2.21. The predicted octanol–water partition coefficient (Wildman–Crippen LogP) is 3.31. The third-order valence-corrected chi connectivity index (χ3v) is 6.32. The van der Waals surface area contributed by atoms with Gasteiger partial charge < -0.3 is 4.90 Å². The number of hydrogen-bond acceptors (Lipinski definition) is 6. The fourth-order valence-electron chi connectivity index (χ4n) is 4.37. The first-order valence-corrected chi connectivity index (χ1v) is 11.1. The van der Waals surface area contributed by atoms with Crippen LogP contribution in [0.4, 0.5) is 0 Å². The highest BCUT2D eigenvalue weighted by molar-refractivity contribution is 5.97. The fourth-order valence-corrected chi connectivity index (χ4v) is 4.37. The average molecular weight is 430 g/mol. The molecule has 0 bridgehead atoms. The first-order valence-electron chi connectivity index (χ1n) is 11.1. The van der Waals surface area contributed by atoms with Gasteiger partial charge in [-0.15, -0.1) is 0 Å². The lowest BCUT2D eigenvalue weighted by molar-refractivity contribution is 0.0991. The number of ketones is 1. The zero-order chi connectivity index (χ0) is 22.1. The smallest absolute Gasteiger partial charge is 0.172 e. The first-order chi connectivity index (χ1) is 15.6. The van der Waals surface area contributed by atoms with Crippen molar-refractivity contribution in [1.82, 2.24) is 34.7 Å². The summed E-state index contributed by atoms with van der Waals surface area (Å²) in [5, 5.41) is 18.3. The summed E-state index contributed by atoms with van der Waals surface area (Å²) in [6, 6.07) is 8.34. The molecule has 1 aliphatic rings. The van der Waals surface area contributed by atoms with Crippen LogP contribution in [0, 0.1) is 0 Å². The van der Waals surface area contributed by atoms with Gasteiger partial charge in [0.25, 0.3) is 0 Å². The monoisotopic (exact) mass is 429 g/mol. The quantitative estimate of drug-likeness (QED) is 0.438. The van der Waals surface area contributed by atoms with Crippen molar-refractivity contribution in [3.63, 3.8) is 0 Å². The van der Waals surface area contributed by atoms with Crippen molar-refractivity contribution in [2.45, 2.75) is 32.2 Å². The maximum absolute atomic E-state index is 12.9. The normalized spacial score (nSPS) is 15.4. The number of carbonyl (C=O) groups is 1. The van der Waals surface area contributed by atoms with Crippen LogP contribution in [0.5, 0.6) is 0 Å². The zero-order valence-electron chi connectivity index (χ0n) is 18.5. The Morgan fingerprint density at radius 3 is 2.62 bits per heavy atom. The second-order valence-electron chi connectivity index (χ2n) is 8.49. The van der Waals surface area contributed by atoms with Crippen LogP contribution in [0.1, 0.15) is 41.9 Å². The molecular formula is C24H27N7O. The van der Waals surface area contributed by atoms with Gasteiger partial charge in [0.1, 0.15) is 0 Å². The number of piperidine rings is 1. The molecule has 0 radical (unpaired) electrons. The molecule has 0 aliphatic carbocycles. The van der Waals surface area contributed by atoms with Crippen molar-refractivity contribution in [1.29, 1.82) is 0 Å². The maximum atomic E-state index is 12.9. The van der Waals surface area contributed by atoms with E-state index in [1.54, 1.807) is 10.9 Å². The molecule has 4 heterocycles. The minimum Gasteiger partial charge on any atom is -0.303 e. The summed E-state index contributed by atoms with van der Waals surface area (Å²) < 4.78 is 3.74. The van der Waals surface area contributed by atoms with Gasteiger partial charge in [-0.2, -0.15) is 20.4 Å². The van der Waals surface area contributed by atoms with E-state index in [1.807, 2.05) is 48.5 Å². The van der Waals surface area contributed by atoms with Crippen LogP contribution >= 0.6 is 0 Å². The molecule has 0 amide bonds. The third-order valence-electron chi connectivity index (χ3n) is 6.32. The highest BCUT2D eigenvalue weighted by Crippen LogP contribution is 2.24. The topological polar surface area (TPSA) is 81.7 Å². The van der Waals surface area contributed by atoms with Crippen LogP contribution in [0.25, 0.3) is 22.0 Å². The van der Waals surface area contributed by atoms with Crippen molar-refractivity contribution >= 4 is 16.7 Å². The lowest BCUT2D eigenvalue weighted by atomic mass is 10.0. The predicted molar refractivity (Wildman–Crippen MR) is 122 cm³/mol. The van der Waals surface area contributed by atoms with Gasteiger partial charge in [0, 0.05) is 43.5 Å². The number of aromatic nitrogens is 6. The summed E-state index contributed by atoms with van der Waals surface area (Å²) in [5.74, 6) is 0.0132. The number of aryl methyl sites for hydroxylation is 1. The highest BCUT2D eigenvalue weighted by atomic mass is 16.1. The van der Waals surface area contributed by atoms with Gasteiger partial charge in [-0.1, -0.05) is 13.0 Å². The third kappa shape index (κ3) is 4.18. The molecule has 8 nitrogen and oxygen atoms in total. The maximum Gasteiger partial charge on any atom is 0.172 e. The van der Waals surface area contributed by atoms with Crippen LogP contribution in [0.15, 0.2) is 49.1 Å². The number of fused-ring (bicyclic) bond motifs is 1. The van der Waals surface area contributed by atoms with E-state index >= 15 is 0 Å². The van der Waals surface area contributed by atoms with Gasteiger partial charge in [-0.25, -0.2) is 0 Å². The number of benzene rings is 1. The summed E-state index contributed by atoms with van der Waals surface area (Å²) in [6.45, 7) is 5.45. The van der Waals surface area contributed by atoms with Crippen molar-refractivity contribution in [2.75, 3.05) is 19.6 Å². The molecule has 5 rings (SSSR count). The molecule has 0 N–H and O–H groups in total. The molecule has 1 saturated heterocycles. The van der Waals surface area contributed by atoms with Crippen LogP contribution in [-0.4, -0.2) is 60.1 Å². The van der Waals surface area contributed by atoms with Crippen LogP contribution in [0.3, 0.4) is 0 Å². The van der Waals surface area contributed by atoms with E-state index in [1.165, 1.54) is 0 Å². The Morgan fingerprint density at radius 1 is 1.03 bits per heavy atom. The van der Waals surface area contributed by atoms with E-state index in [2.05, 4.69) is 38.3 Å². The molecule has 1 fully saturated rings. The van der Waals surface area contributed by atoms with E-state index in [4.69, 9.17) is 0 Å². The number of carbonyl (C=O) groups excluding carboxylic acids is 1. The molecule has 1 aliphatic heterocycles. The van der Waals surface area contributed by atoms with E-state index < -0.39 is 0 Å². The molecule has 0 spiro atoms. The number of rotatable bonds is 6. The van der Waals surface area contributed by atoms with E-state index in [0.29, 0.717) is 17.3 Å². The number of likely N-dealkylation sites (tertiary alicyclic amines) is 1. The second-order valence-corrected chi connectivity index (χ2v) is 8.49. The van der Waals surface area contributed by atoms with E-state index in [0.717, 1.165) is 54.5 Å². The number of hydrogen-bond donors (Lipinski definition) is 0. The molecule has 1 aromatic carbocycles. The van der Waals surface area contributed by atoms with Crippen LogP contribution in [0.2, 0.25) is 0 Å². The Morgan fingerprint density at radius 2 is 1.88 bits per heavy atom. The summed E-state index contributed by atoms with van der Waals surface area (Å²) in [6.07, 6.45) is 9.73. The Hall–Kier alpha value is -3.39. The Labute approximate surface area is 186 Å². The lowest BCUT2D eigenvalue weighted by Crippen LogP contribution is -2.34. The summed E-state index contributed by atoms with van der Waals surface area (Å²) >= 11 is 0. The van der Waals surface area contributed by atoms with Crippen LogP contribution < -0.4 is 0 Å². The molecule has 8 heteroatoms. The summed E-state index contributed by atoms with van der Waals surface area (Å²) in [7, 11) is 1.90. The molecule has 4 aromatic rings. The molecular weight excluding hydrogens is 402 g/mol. The first kappa shape index (κ1) is 20.5. The minimum atomic E-state index is 0.0132. The molecule has 164 valence electrons. The molecule has 32 heavy (non-hydrogen) atoms. The van der Waals surface area contributed by atoms with Gasteiger partial charge in [-0.05, 0) is 43.1 Å². The minimum absolute atomic E-state index is 0.0132. The van der Waals surface area contributed by atoms with Crippen molar-refractivity contribution in [2.24, 2.45) is 7.05 Å². The Bertz CT molecular complexity index is 1250. The van der Waals surface area contributed by atoms with E-state index in [-0.39, 0.29) is 12.2 Å². The Balaban J connectivity index is 1.31. The van der Waals surface area contributed by atoms with Crippen LogP contribution in [-0.2, 0) is 13.5 Å². The molecule has 0 saturated carbocycles. The number of nitrogens with zero attached hydrogens (tertiary/aromatic N) is 7. The molecule has 0 unspecified atom stereocenters. The van der Waals surface area contributed by atoms with Crippen molar-refractivity contribution < 1.29 is 4.79 Å². The van der Waals surface area contributed by atoms with E-state index in [9.17, 15) is 4.79 Å². The Kier molecular flexibility index (Phi) is 5.53. The fraction of sp³-hybridized carbons (Fsp3) is 0.375. The summed E-state index contributed by atoms with van der Waals surface area (Å²) in [4.78, 5) is 15.3. The van der Waals surface area contributed by atoms with Gasteiger partial charge in [-0.3, -0.25) is 14.2 Å². The standard InChI is InChI=1S/C24H27N7O/c1-3-30-8-6-22(7-9-30)31-16-20(14-26-31)24(32)12-21-11-18-10-17(4-5-23(18)28-27-21)19-13-25-29(2)15-19/h4-5,10-11,13-16,22H,3,6-9,12H2,1-2H3.